The quantitative estimate of drug-likeness (QED) is 0.758. The molecule has 3 aromatic rings. The zero-order valence-corrected chi connectivity index (χ0v) is 9.88. The fraction of sp³-hybridized carbons (Fsp3) is 0.0667. The molecule has 3 rings (SSSR count). The molecule has 0 amide bonds. The Labute approximate surface area is 106 Å². The van der Waals surface area contributed by atoms with Gasteiger partial charge in [0.05, 0.1) is 11.9 Å². The fourth-order valence-corrected chi connectivity index (χ4v) is 1.91. The largest absolute Gasteiger partial charge is 0.342 e. The van der Waals surface area contributed by atoms with Crippen molar-refractivity contribution in [1.29, 1.82) is 0 Å². The molecule has 0 aliphatic heterocycles. The van der Waals surface area contributed by atoms with Gasteiger partial charge in [0, 0.05) is 18.8 Å². The molecule has 2 heterocycles. The second-order valence-corrected chi connectivity index (χ2v) is 4.15. The smallest absolute Gasteiger partial charge is 0.110 e. The van der Waals surface area contributed by atoms with Crippen LogP contribution in [0.15, 0.2) is 61.1 Å². The van der Waals surface area contributed by atoms with Crippen molar-refractivity contribution in [3.05, 3.63) is 72.4 Å². The molecule has 1 N–H and O–H groups in total. The Morgan fingerprint density at radius 2 is 1.83 bits per heavy atom. The van der Waals surface area contributed by atoms with Gasteiger partial charge in [-0.25, -0.2) is 4.98 Å². The zero-order chi connectivity index (χ0) is 12.2. The van der Waals surface area contributed by atoms with Gasteiger partial charge in [0.1, 0.15) is 5.82 Å². The lowest BCUT2D eigenvalue weighted by molar-refractivity contribution is 1.01. The number of aromatic nitrogens is 3. The van der Waals surface area contributed by atoms with E-state index < -0.39 is 0 Å². The number of nitrogens with zero attached hydrogens (tertiary/aromatic N) is 2. The van der Waals surface area contributed by atoms with Crippen molar-refractivity contribution in [2.24, 2.45) is 0 Å². The highest BCUT2D eigenvalue weighted by Gasteiger charge is 2.03. The first-order valence-corrected chi connectivity index (χ1v) is 5.90. The number of H-pyrrole nitrogens is 1. The van der Waals surface area contributed by atoms with Crippen LogP contribution in [0.3, 0.4) is 0 Å². The Morgan fingerprint density at radius 3 is 2.61 bits per heavy atom. The lowest BCUT2D eigenvalue weighted by Crippen LogP contribution is -1.91. The molecule has 3 heteroatoms. The van der Waals surface area contributed by atoms with E-state index in [0.717, 1.165) is 29.1 Å². The number of nitrogens with one attached hydrogen (secondary N) is 1. The minimum Gasteiger partial charge on any atom is -0.342 e. The molecule has 18 heavy (non-hydrogen) atoms. The summed E-state index contributed by atoms with van der Waals surface area (Å²) in [5.41, 5.74) is 3.36. The molecule has 0 atom stereocenters. The van der Waals surface area contributed by atoms with Crippen molar-refractivity contribution >= 4 is 0 Å². The van der Waals surface area contributed by atoms with Crippen LogP contribution in [0.4, 0.5) is 0 Å². The zero-order valence-electron chi connectivity index (χ0n) is 9.88. The van der Waals surface area contributed by atoms with Gasteiger partial charge in [-0.1, -0.05) is 36.4 Å². The Bertz CT molecular complexity index is 615. The minimum atomic E-state index is 0.778. The SMILES string of the molecule is c1ccc(-c2cnc(Cc3cccnc3)[nH]2)cc1. The highest BCUT2D eigenvalue weighted by atomic mass is 14.9. The molecule has 0 aliphatic carbocycles. The molecule has 88 valence electrons. The number of aromatic amines is 1. The van der Waals surface area contributed by atoms with E-state index in [4.69, 9.17) is 0 Å². The Hall–Kier alpha value is -2.42. The summed E-state index contributed by atoms with van der Waals surface area (Å²) < 4.78 is 0. The highest BCUT2D eigenvalue weighted by Crippen LogP contribution is 2.17. The summed E-state index contributed by atoms with van der Waals surface area (Å²) in [5.74, 6) is 0.960. The second kappa shape index (κ2) is 4.84. The average molecular weight is 235 g/mol. The van der Waals surface area contributed by atoms with Crippen LogP contribution in [-0.2, 0) is 6.42 Å². The average Bonchev–Trinajstić information content (AvgIpc) is 2.89. The first-order chi connectivity index (χ1) is 8.92. The van der Waals surface area contributed by atoms with E-state index in [1.54, 1.807) is 6.20 Å². The lowest BCUT2D eigenvalue weighted by atomic mass is 10.2. The molecule has 0 aliphatic rings. The van der Waals surface area contributed by atoms with Gasteiger partial charge in [0.2, 0.25) is 0 Å². The molecule has 3 nitrogen and oxygen atoms in total. The molecule has 0 spiro atoms. The molecule has 0 radical (unpaired) electrons. The van der Waals surface area contributed by atoms with Crippen LogP contribution in [0, 0.1) is 0 Å². The number of imidazole rings is 1. The Balaban J connectivity index is 1.82. The van der Waals surface area contributed by atoms with Gasteiger partial charge in [-0.2, -0.15) is 0 Å². The topological polar surface area (TPSA) is 41.6 Å². The molecule has 0 bridgehead atoms. The van der Waals surface area contributed by atoms with Crippen molar-refractivity contribution in [2.75, 3.05) is 0 Å². The maximum Gasteiger partial charge on any atom is 0.110 e. The van der Waals surface area contributed by atoms with Crippen molar-refractivity contribution in [1.82, 2.24) is 15.0 Å². The summed E-state index contributed by atoms with van der Waals surface area (Å²) in [7, 11) is 0. The maximum absolute atomic E-state index is 4.40. The first kappa shape index (κ1) is 10.7. The van der Waals surface area contributed by atoms with Gasteiger partial charge in [-0.15, -0.1) is 0 Å². The van der Waals surface area contributed by atoms with Gasteiger partial charge in [-0.05, 0) is 17.2 Å². The maximum atomic E-state index is 4.40. The van der Waals surface area contributed by atoms with Crippen molar-refractivity contribution < 1.29 is 0 Å². The third-order valence-electron chi connectivity index (χ3n) is 2.81. The molecule has 1 aromatic carbocycles. The van der Waals surface area contributed by atoms with Gasteiger partial charge in [-0.3, -0.25) is 4.98 Å². The monoisotopic (exact) mass is 235 g/mol. The van der Waals surface area contributed by atoms with Crippen molar-refractivity contribution in [3.63, 3.8) is 0 Å². The Kier molecular flexibility index (Phi) is 2.88. The van der Waals surface area contributed by atoms with Crippen LogP contribution in [-0.4, -0.2) is 15.0 Å². The summed E-state index contributed by atoms with van der Waals surface area (Å²) in [6.45, 7) is 0. The van der Waals surface area contributed by atoms with E-state index in [1.807, 2.05) is 36.7 Å². The van der Waals surface area contributed by atoms with Gasteiger partial charge in [0.25, 0.3) is 0 Å². The third-order valence-corrected chi connectivity index (χ3v) is 2.81. The molecule has 0 saturated heterocycles. The Morgan fingerprint density at radius 1 is 0.944 bits per heavy atom. The van der Waals surface area contributed by atoms with E-state index in [0.29, 0.717) is 0 Å². The molecule has 0 unspecified atom stereocenters. The fourth-order valence-electron chi connectivity index (χ4n) is 1.91. The molecular formula is C15H13N3. The van der Waals surface area contributed by atoms with Crippen LogP contribution in [0.25, 0.3) is 11.3 Å². The van der Waals surface area contributed by atoms with Crippen LogP contribution in [0.5, 0.6) is 0 Å². The molecule has 0 fully saturated rings. The van der Waals surface area contributed by atoms with Crippen molar-refractivity contribution in [3.8, 4) is 11.3 Å². The number of pyridine rings is 1. The summed E-state index contributed by atoms with van der Waals surface area (Å²) >= 11 is 0. The molecule has 0 saturated carbocycles. The lowest BCUT2D eigenvalue weighted by Gasteiger charge is -1.97. The normalized spacial score (nSPS) is 10.4. The van der Waals surface area contributed by atoms with Crippen molar-refractivity contribution in [2.45, 2.75) is 6.42 Å². The molecule has 2 aromatic heterocycles. The van der Waals surface area contributed by atoms with Crippen LogP contribution < -0.4 is 0 Å². The highest BCUT2D eigenvalue weighted by molar-refractivity contribution is 5.58. The third kappa shape index (κ3) is 2.30. The van der Waals surface area contributed by atoms with Gasteiger partial charge < -0.3 is 4.98 Å². The minimum absolute atomic E-state index is 0.778. The molecular weight excluding hydrogens is 222 g/mol. The standard InChI is InChI=1S/C15H13N3/c1-2-6-13(7-3-1)14-11-17-15(18-14)9-12-5-4-8-16-10-12/h1-8,10-11H,9H2,(H,17,18). The predicted molar refractivity (Wildman–Crippen MR) is 71.1 cm³/mol. The summed E-state index contributed by atoms with van der Waals surface area (Å²) in [6, 6.07) is 14.2. The number of rotatable bonds is 3. The van der Waals surface area contributed by atoms with E-state index in [-0.39, 0.29) is 0 Å². The first-order valence-electron chi connectivity index (χ1n) is 5.90. The van der Waals surface area contributed by atoms with Crippen LogP contribution >= 0.6 is 0 Å². The van der Waals surface area contributed by atoms with E-state index in [1.165, 1.54) is 0 Å². The summed E-state index contributed by atoms with van der Waals surface area (Å²) in [5, 5.41) is 0. The van der Waals surface area contributed by atoms with E-state index in [9.17, 15) is 0 Å². The predicted octanol–water partition coefficient (Wildman–Crippen LogP) is 3.06. The van der Waals surface area contributed by atoms with Crippen LogP contribution in [0.2, 0.25) is 0 Å². The number of benzene rings is 1. The number of hydrogen-bond donors (Lipinski definition) is 1. The van der Waals surface area contributed by atoms with E-state index >= 15 is 0 Å². The van der Waals surface area contributed by atoms with Crippen LogP contribution in [0.1, 0.15) is 11.4 Å². The van der Waals surface area contributed by atoms with Gasteiger partial charge in [0.15, 0.2) is 0 Å². The number of hydrogen-bond acceptors (Lipinski definition) is 2. The van der Waals surface area contributed by atoms with E-state index in [2.05, 4.69) is 33.2 Å². The van der Waals surface area contributed by atoms with Gasteiger partial charge >= 0.3 is 0 Å². The second-order valence-electron chi connectivity index (χ2n) is 4.15. The summed E-state index contributed by atoms with van der Waals surface area (Å²) in [6.07, 6.45) is 6.30. The summed E-state index contributed by atoms with van der Waals surface area (Å²) in [4.78, 5) is 11.8.